The maximum Gasteiger partial charge on any atom is 0.258 e. The number of halogens is 1. The number of carbonyl (C=O) groups is 1. The summed E-state index contributed by atoms with van der Waals surface area (Å²) in [4.78, 5) is 12.3. The van der Waals surface area contributed by atoms with E-state index in [2.05, 4.69) is 5.32 Å². The summed E-state index contributed by atoms with van der Waals surface area (Å²) in [7, 11) is -2.31. The average Bonchev–Trinajstić information content (AvgIpc) is 2.69. The SMILES string of the molecule is COc1ccc(NC(=O)c2cc(S(=O)(=O)N3CCOCC3)ccc2F)cc1. The molecule has 0 bridgehead atoms. The summed E-state index contributed by atoms with van der Waals surface area (Å²) in [6, 6.07) is 9.68. The van der Waals surface area contributed by atoms with E-state index in [-0.39, 0.29) is 23.5 Å². The molecule has 2 aromatic carbocycles. The van der Waals surface area contributed by atoms with E-state index in [0.717, 1.165) is 18.2 Å². The normalized spacial score (nSPS) is 15.3. The lowest BCUT2D eigenvalue weighted by Crippen LogP contribution is -2.40. The van der Waals surface area contributed by atoms with Gasteiger partial charge in [0.05, 0.1) is 30.8 Å². The number of anilines is 1. The largest absolute Gasteiger partial charge is 0.497 e. The fraction of sp³-hybridized carbons (Fsp3) is 0.278. The zero-order valence-electron chi connectivity index (χ0n) is 14.6. The number of methoxy groups -OCH3 is 1. The molecule has 1 fully saturated rings. The molecule has 0 aromatic heterocycles. The highest BCUT2D eigenvalue weighted by Gasteiger charge is 2.27. The lowest BCUT2D eigenvalue weighted by Gasteiger charge is -2.26. The van der Waals surface area contributed by atoms with Crippen molar-refractivity contribution >= 4 is 21.6 Å². The minimum absolute atomic E-state index is 0.134. The van der Waals surface area contributed by atoms with Crippen LogP contribution in [0.3, 0.4) is 0 Å². The fourth-order valence-corrected chi connectivity index (χ4v) is 4.08. The van der Waals surface area contributed by atoms with Crippen LogP contribution in [0.1, 0.15) is 10.4 Å². The van der Waals surface area contributed by atoms with Crippen molar-refractivity contribution in [1.29, 1.82) is 0 Å². The van der Waals surface area contributed by atoms with E-state index in [1.165, 1.54) is 11.4 Å². The topological polar surface area (TPSA) is 84.9 Å². The van der Waals surface area contributed by atoms with Gasteiger partial charge in [0.25, 0.3) is 5.91 Å². The Kier molecular flexibility index (Phi) is 5.73. The molecule has 144 valence electrons. The van der Waals surface area contributed by atoms with Gasteiger partial charge in [-0.1, -0.05) is 0 Å². The lowest BCUT2D eigenvalue weighted by molar-refractivity contribution is 0.0730. The summed E-state index contributed by atoms with van der Waals surface area (Å²) in [5.74, 6) is -0.934. The molecule has 0 aliphatic carbocycles. The third-order valence-electron chi connectivity index (χ3n) is 4.14. The van der Waals surface area contributed by atoms with E-state index in [0.29, 0.717) is 24.7 Å². The van der Waals surface area contributed by atoms with Gasteiger partial charge in [-0.05, 0) is 42.5 Å². The fourth-order valence-electron chi connectivity index (χ4n) is 2.65. The van der Waals surface area contributed by atoms with Crippen LogP contribution in [0.15, 0.2) is 47.4 Å². The number of amides is 1. The Balaban J connectivity index is 1.84. The predicted octanol–water partition coefficient (Wildman–Crippen LogP) is 2.11. The molecule has 27 heavy (non-hydrogen) atoms. The van der Waals surface area contributed by atoms with Crippen LogP contribution in [-0.2, 0) is 14.8 Å². The van der Waals surface area contributed by atoms with E-state index in [9.17, 15) is 17.6 Å². The van der Waals surface area contributed by atoms with Crippen molar-refractivity contribution < 1.29 is 27.1 Å². The van der Waals surface area contributed by atoms with Gasteiger partial charge in [0.2, 0.25) is 10.0 Å². The molecule has 0 radical (unpaired) electrons. The van der Waals surface area contributed by atoms with Crippen LogP contribution in [0.5, 0.6) is 5.75 Å². The smallest absolute Gasteiger partial charge is 0.258 e. The van der Waals surface area contributed by atoms with Crippen LogP contribution in [0, 0.1) is 5.82 Å². The number of sulfonamides is 1. The molecule has 7 nitrogen and oxygen atoms in total. The number of ether oxygens (including phenoxy) is 2. The van der Waals surface area contributed by atoms with E-state index in [1.807, 2.05) is 0 Å². The van der Waals surface area contributed by atoms with E-state index < -0.39 is 21.7 Å². The Morgan fingerprint density at radius 2 is 1.81 bits per heavy atom. The summed E-state index contributed by atoms with van der Waals surface area (Å²) < 4.78 is 51.0. The second-order valence-electron chi connectivity index (χ2n) is 5.84. The third kappa shape index (κ3) is 4.26. The first kappa shape index (κ1) is 19.3. The van der Waals surface area contributed by atoms with Gasteiger partial charge in [-0.2, -0.15) is 4.31 Å². The predicted molar refractivity (Wildman–Crippen MR) is 96.9 cm³/mol. The third-order valence-corrected chi connectivity index (χ3v) is 6.03. The van der Waals surface area contributed by atoms with Gasteiger partial charge in [0.1, 0.15) is 11.6 Å². The highest BCUT2D eigenvalue weighted by atomic mass is 32.2. The van der Waals surface area contributed by atoms with Crippen molar-refractivity contribution in [3.63, 3.8) is 0 Å². The molecule has 1 aliphatic heterocycles. The van der Waals surface area contributed by atoms with Gasteiger partial charge in [0, 0.05) is 18.8 Å². The van der Waals surface area contributed by atoms with E-state index >= 15 is 0 Å². The second-order valence-corrected chi connectivity index (χ2v) is 7.78. The summed E-state index contributed by atoms with van der Waals surface area (Å²) >= 11 is 0. The molecule has 0 unspecified atom stereocenters. The second kappa shape index (κ2) is 8.03. The molecule has 0 atom stereocenters. The van der Waals surface area contributed by atoms with E-state index in [4.69, 9.17) is 9.47 Å². The van der Waals surface area contributed by atoms with Crippen molar-refractivity contribution in [3.05, 3.63) is 53.8 Å². The molecule has 9 heteroatoms. The number of carbonyl (C=O) groups excluding carboxylic acids is 1. The van der Waals surface area contributed by atoms with Crippen molar-refractivity contribution in [2.75, 3.05) is 38.7 Å². The maximum atomic E-state index is 14.2. The Morgan fingerprint density at radius 1 is 1.15 bits per heavy atom. The number of hydrogen-bond donors (Lipinski definition) is 1. The van der Waals surface area contributed by atoms with Crippen LogP contribution < -0.4 is 10.1 Å². The summed E-state index contributed by atoms with van der Waals surface area (Å²) in [6.07, 6.45) is 0. The van der Waals surface area contributed by atoms with Crippen LogP contribution in [0.25, 0.3) is 0 Å². The molecular formula is C18H19FN2O5S. The number of morpholine rings is 1. The molecule has 1 saturated heterocycles. The summed E-state index contributed by atoms with van der Waals surface area (Å²) in [6.45, 7) is 1.02. The minimum Gasteiger partial charge on any atom is -0.497 e. The summed E-state index contributed by atoms with van der Waals surface area (Å²) in [5.41, 5.74) is 0.0850. The zero-order chi connectivity index (χ0) is 19.4. The first-order valence-corrected chi connectivity index (χ1v) is 9.68. The van der Waals surface area contributed by atoms with Gasteiger partial charge in [-0.15, -0.1) is 0 Å². The van der Waals surface area contributed by atoms with Crippen LogP contribution in [0.2, 0.25) is 0 Å². The Morgan fingerprint density at radius 3 is 2.44 bits per heavy atom. The van der Waals surface area contributed by atoms with E-state index in [1.54, 1.807) is 24.3 Å². The Labute approximate surface area is 156 Å². The average molecular weight is 394 g/mol. The lowest BCUT2D eigenvalue weighted by atomic mass is 10.2. The van der Waals surface area contributed by atoms with Gasteiger partial charge < -0.3 is 14.8 Å². The zero-order valence-corrected chi connectivity index (χ0v) is 15.5. The number of nitrogens with one attached hydrogen (secondary N) is 1. The first-order valence-electron chi connectivity index (χ1n) is 8.24. The van der Waals surface area contributed by atoms with Crippen molar-refractivity contribution in [3.8, 4) is 5.75 Å². The molecule has 0 saturated carbocycles. The number of rotatable bonds is 5. The van der Waals surface area contributed by atoms with Gasteiger partial charge >= 0.3 is 0 Å². The summed E-state index contributed by atoms with van der Waals surface area (Å²) in [5, 5.41) is 2.55. The quantitative estimate of drug-likeness (QED) is 0.840. The molecule has 0 spiro atoms. The monoisotopic (exact) mass is 394 g/mol. The van der Waals surface area contributed by atoms with Gasteiger partial charge in [-0.3, -0.25) is 4.79 Å². The molecular weight excluding hydrogens is 375 g/mol. The van der Waals surface area contributed by atoms with Gasteiger partial charge in [0.15, 0.2) is 0 Å². The maximum absolute atomic E-state index is 14.2. The molecule has 3 rings (SSSR count). The van der Waals surface area contributed by atoms with Crippen molar-refractivity contribution in [2.45, 2.75) is 4.90 Å². The Hall–Kier alpha value is -2.49. The van der Waals surface area contributed by atoms with Crippen LogP contribution in [0.4, 0.5) is 10.1 Å². The number of benzene rings is 2. The molecule has 1 heterocycles. The standard InChI is InChI=1S/C18H19FN2O5S/c1-25-14-4-2-13(3-5-14)20-18(22)16-12-15(6-7-17(16)19)27(23,24)21-8-10-26-11-9-21/h2-7,12H,8-11H2,1H3,(H,20,22). The molecule has 2 aromatic rings. The van der Waals surface area contributed by atoms with Crippen molar-refractivity contribution in [1.82, 2.24) is 4.31 Å². The van der Waals surface area contributed by atoms with Gasteiger partial charge in [-0.25, -0.2) is 12.8 Å². The Bertz CT molecular complexity index is 925. The molecule has 1 amide bonds. The molecule has 1 aliphatic rings. The van der Waals surface area contributed by atoms with Crippen LogP contribution >= 0.6 is 0 Å². The highest BCUT2D eigenvalue weighted by Crippen LogP contribution is 2.22. The molecule has 1 N–H and O–H groups in total. The highest BCUT2D eigenvalue weighted by molar-refractivity contribution is 7.89. The first-order chi connectivity index (χ1) is 12.9. The van der Waals surface area contributed by atoms with Crippen LogP contribution in [-0.4, -0.2) is 52.0 Å². The van der Waals surface area contributed by atoms with Crippen molar-refractivity contribution in [2.24, 2.45) is 0 Å². The number of hydrogen-bond acceptors (Lipinski definition) is 5. The minimum atomic E-state index is -3.83. The number of nitrogens with zero attached hydrogens (tertiary/aromatic N) is 1.